The van der Waals surface area contributed by atoms with Crippen LogP contribution in [0.2, 0.25) is 0 Å². The molecule has 0 saturated carbocycles. The van der Waals surface area contributed by atoms with Gasteiger partial charge in [-0.05, 0) is 11.1 Å². The lowest BCUT2D eigenvalue weighted by Gasteiger charge is -2.23. The lowest BCUT2D eigenvalue weighted by atomic mass is 10.0. The molecule has 0 amide bonds. The molecule has 1 aromatic heterocycles. The third-order valence-corrected chi connectivity index (χ3v) is 4.65. The van der Waals surface area contributed by atoms with Crippen molar-refractivity contribution >= 4 is 5.97 Å². The van der Waals surface area contributed by atoms with Crippen molar-refractivity contribution in [2.45, 2.75) is 32.2 Å². The number of ether oxygens (including phenoxy) is 1. The summed E-state index contributed by atoms with van der Waals surface area (Å²) < 4.78 is 7.61. The van der Waals surface area contributed by atoms with Gasteiger partial charge in [0.15, 0.2) is 0 Å². The van der Waals surface area contributed by atoms with Crippen LogP contribution in [0.25, 0.3) is 0 Å². The molecule has 5 heteroatoms. The molecule has 3 aromatic rings. The van der Waals surface area contributed by atoms with Crippen LogP contribution < -0.4 is 5.32 Å². The molecule has 0 fully saturated rings. The minimum atomic E-state index is -0.336. The van der Waals surface area contributed by atoms with Gasteiger partial charge in [-0.15, -0.1) is 0 Å². The van der Waals surface area contributed by atoms with E-state index in [-0.39, 0.29) is 12.0 Å². The average Bonchev–Trinajstić information content (AvgIpc) is 3.10. The third kappa shape index (κ3) is 3.68. The molecule has 4 rings (SSSR count). The monoisotopic (exact) mass is 347 g/mol. The van der Waals surface area contributed by atoms with Crippen LogP contribution in [-0.2, 0) is 35.6 Å². The van der Waals surface area contributed by atoms with E-state index in [1.165, 1.54) is 5.56 Å². The maximum Gasteiger partial charge on any atom is 0.323 e. The standard InChI is InChI=1S/C21H21N3O2/c25-21(26-14-17-9-5-2-6-10-17)18-11-20-19(12-22-18)23-15-24(20)13-16-7-3-1-4-8-16/h1-10,15,18,22H,11-14H2/t18-/m0/s1. The molecule has 1 aliphatic heterocycles. The first kappa shape index (κ1) is 16.5. The van der Waals surface area contributed by atoms with Gasteiger partial charge in [-0.2, -0.15) is 0 Å². The molecule has 2 aromatic carbocycles. The van der Waals surface area contributed by atoms with Gasteiger partial charge in [0.25, 0.3) is 0 Å². The molecule has 2 heterocycles. The zero-order valence-electron chi connectivity index (χ0n) is 14.5. The highest BCUT2D eigenvalue weighted by atomic mass is 16.5. The molecule has 26 heavy (non-hydrogen) atoms. The Morgan fingerprint density at radius 3 is 2.50 bits per heavy atom. The van der Waals surface area contributed by atoms with Crippen LogP contribution in [0.5, 0.6) is 0 Å². The van der Waals surface area contributed by atoms with E-state index in [1.54, 1.807) is 0 Å². The molecular formula is C21H21N3O2. The number of esters is 1. The number of benzene rings is 2. The van der Waals surface area contributed by atoms with Crippen molar-refractivity contribution in [2.75, 3.05) is 0 Å². The number of rotatable bonds is 5. The largest absolute Gasteiger partial charge is 0.460 e. The predicted molar refractivity (Wildman–Crippen MR) is 98.3 cm³/mol. The van der Waals surface area contributed by atoms with Gasteiger partial charge in [-0.1, -0.05) is 60.7 Å². The average molecular weight is 347 g/mol. The number of fused-ring (bicyclic) bond motifs is 1. The van der Waals surface area contributed by atoms with Gasteiger partial charge in [0.05, 0.1) is 12.0 Å². The summed E-state index contributed by atoms with van der Waals surface area (Å²) in [5.41, 5.74) is 4.32. The summed E-state index contributed by atoms with van der Waals surface area (Å²) in [6, 6.07) is 19.7. The Balaban J connectivity index is 1.42. The molecule has 0 unspecified atom stereocenters. The second kappa shape index (κ2) is 7.54. The van der Waals surface area contributed by atoms with E-state index >= 15 is 0 Å². The fourth-order valence-corrected chi connectivity index (χ4v) is 3.23. The van der Waals surface area contributed by atoms with Gasteiger partial charge in [-0.25, -0.2) is 4.98 Å². The first-order valence-electron chi connectivity index (χ1n) is 8.80. The van der Waals surface area contributed by atoms with Crippen LogP contribution in [0.15, 0.2) is 67.0 Å². The summed E-state index contributed by atoms with van der Waals surface area (Å²) >= 11 is 0. The van der Waals surface area contributed by atoms with Crippen LogP contribution >= 0.6 is 0 Å². The maximum atomic E-state index is 12.5. The maximum absolute atomic E-state index is 12.5. The highest BCUT2D eigenvalue weighted by Gasteiger charge is 2.28. The van der Waals surface area contributed by atoms with Crippen molar-refractivity contribution in [3.8, 4) is 0 Å². The van der Waals surface area contributed by atoms with E-state index in [2.05, 4.69) is 27.0 Å². The quantitative estimate of drug-likeness (QED) is 0.721. The van der Waals surface area contributed by atoms with Crippen molar-refractivity contribution in [1.82, 2.24) is 14.9 Å². The van der Waals surface area contributed by atoms with Crippen molar-refractivity contribution in [3.63, 3.8) is 0 Å². The fourth-order valence-electron chi connectivity index (χ4n) is 3.23. The Labute approximate surface area is 152 Å². The molecule has 1 atom stereocenters. The highest BCUT2D eigenvalue weighted by Crippen LogP contribution is 2.18. The normalized spacial score (nSPS) is 16.1. The Hall–Kier alpha value is -2.92. The summed E-state index contributed by atoms with van der Waals surface area (Å²) in [5.74, 6) is -0.216. The number of hydrogen-bond acceptors (Lipinski definition) is 4. The van der Waals surface area contributed by atoms with Gasteiger partial charge in [0, 0.05) is 25.2 Å². The van der Waals surface area contributed by atoms with Gasteiger partial charge < -0.3 is 9.30 Å². The third-order valence-electron chi connectivity index (χ3n) is 4.65. The van der Waals surface area contributed by atoms with E-state index in [0.29, 0.717) is 19.6 Å². The van der Waals surface area contributed by atoms with E-state index in [1.807, 2.05) is 54.9 Å². The molecule has 5 nitrogen and oxygen atoms in total. The SMILES string of the molecule is O=C(OCc1ccccc1)[C@@H]1Cc2c(ncn2Cc2ccccc2)CN1. The Morgan fingerprint density at radius 2 is 1.77 bits per heavy atom. The zero-order chi connectivity index (χ0) is 17.8. The molecule has 0 aliphatic carbocycles. The predicted octanol–water partition coefficient (Wildman–Crippen LogP) is 2.69. The van der Waals surface area contributed by atoms with Gasteiger partial charge in [0.1, 0.15) is 12.6 Å². The van der Waals surface area contributed by atoms with E-state index in [0.717, 1.165) is 23.5 Å². The van der Waals surface area contributed by atoms with Crippen LogP contribution in [0, 0.1) is 0 Å². The first-order valence-corrected chi connectivity index (χ1v) is 8.80. The van der Waals surface area contributed by atoms with Crippen LogP contribution in [-0.4, -0.2) is 21.6 Å². The highest BCUT2D eigenvalue weighted by molar-refractivity contribution is 5.76. The van der Waals surface area contributed by atoms with E-state index in [9.17, 15) is 4.79 Å². The Kier molecular flexibility index (Phi) is 4.80. The molecule has 132 valence electrons. The number of imidazole rings is 1. The molecule has 1 N–H and O–H groups in total. The molecule has 0 bridgehead atoms. The van der Waals surface area contributed by atoms with E-state index in [4.69, 9.17) is 4.74 Å². The minimum Gasteiger partial charge on any atom is -0.460 e. The second-order valence-corrected chi connectivity index (χ2v) is 6.48. The van der Waals surface area contributed by atoms with Crippen LogP contribution in [0.1, 0.15) is 22.5 Å². The van der Waals surface area contributed by atoms with Crippen molar-refractivity contribution in [3.05, 3.63) is 89.5 Å². The molecule has 0 spiro atoms. The number of aromatic nitrogens is 2. The number of nitrogens with one attached hydrogen (secondary N) is 1. The minimum absolute atomic E-state index is 0.216. The fraction of sp³-hybridized carbons (Fsp3) is 0.238. The van der Waals surface area contributed by atoms with Gasteiger partial charge in [0.2, 0.25) is 0 Å². The van der Waals surface area contributed by atoms with Crippen LogP contribution in [0.3, 0.4) is 0 Å². The summed E-state index contributed by atoms with van der Waals surface area (Å²) in [7, 11) is 0. The van der Waals surface area contributed by atoms with Crippen molar-refractivity contribution < 1.29 is 9.53 Å². The molecule has 0 radical (unpaired) electrons. The summed E-state index contributed by atoms with van der Waals surface area (Å²) in [5, 5.41) is 3.24. The lowest BCUT2D eigenvalue weighted by Crippen LogP contribution is -2.43. The number of carbonyl (C=O) groups excluding carboxylic acids is 1. The molecule has 1 aliphatic rings. The number of carbonyl (C=O) groups is 1. The Morgan fingerprint density at radius 1 is 1.08 bits per heavy atom. The topological polar surface area (TPSA) is 56.1 Å². The molecule has 0 saturated heterocycles. The summed E-state index contributed by atoms with van der Waals surface area (Å²) in [6.45, 7) is 1.64. The molecular weight excluding hydrogens is 326 g/mol. The van der Waals surface area contributed by atoms with Gasteiger partial charge in [-0.3, -0.25) is 10.1 Å². The number of nitrogens with zero attached hydrogens (tertiary/aromatic N) is 2. The van der Waals surface area contributed by atoms with Gasteiger partial charge >= 0.3 is 5.97 Å². The zero-order valence-corrected chi connectivity index (χ0v) is 14.5. The summed E-state index contributed by atoms with van der Waals surface area (Å²) in [4.78, 5) is 16.9. The van der Waals surface area contributed by atoms with Crippen LogP contribution in [0.4, 0.5) is 0 Å². The Bertz CT molecular complexity index is 875. The second-order valence-electron chi connectivity index (χ2n) is 6.48. The lowest BCUT2D eigenvalue weighted by molar-refractivity contribution is -0.147. The first-order chi connectivity index (χ1) is 12.8. The van der Waals surface area contributed by atoms with Crippen molar-refractivity contribution in [1.29, 1.82) is 0 Å². The van der Waals surface area contributed by atoms with E-state index < -0.39 is 0 Å². The smallest absolute Gasteiger partial charge is 0.323 e. The van der Waals surface area contributed by atoms with Crippen molar-refractivity contribution in [2.24, 2.45) is 0 Å². The summed E-state index contributed by atoms with van der Waals surface area (Å²) in [6.07, 6.45) is 2.45. The number of hydrogen-bond donors (Lipinski definition) is 1.